The summed E-state index contributed by atoms with van der Waals surface area (Å²) in [6, 6.07) is 13.2. The number of aromatic nitrogens is 1. The number of aliphatic hydroxyl groups is 1. The summed E-state index contributed by atoms with van der Waals surface area (Å²) in [6.07, 6.45) is -3.07. The van der Waals surface area contributed by atoms with E-state index in [0.717, 1.165) is 0 Å². The molecule has 0 bridgehead atoms. The minimum Gasteiger partial charge on any atom is -0.493 e. The van der Waals surface area contributed by atoms with Crippen molar-refractivity contribution in [1.82, 2.24) is 4.57 Å². The van der Waals surface area contributed by atoms with Crippen molar-refractivity contribution in [1.29, 1.82) is 0 Å². The first-order valence-corrected chi connectivity index (χ1v) is 9.84. The number of rotatable bonds is 4. The Morgan fingerprint density at radius 1 is 1.16 bits per heavy atom. The molecule has 31 heavy (non-hydrogen) atoms. The summed E-state index contributed by atoms with van der Waals surface area (Å²) in [5.74, 6) is -0.00653. The first-order chi connectivity index (χ1) is 14.7. The van der Waals surface area contributed by atoms with Gasteiger partial charge in [0.1, 0.15) is 5.75 Å². The maximum Gasteiger partial charge on any atom is 0.422 e. The molecule has 4 rings (SSSR count). The van der Waals surface area contributed by atoms with Gasteiger partial charge in [-0.3, -0.25) is 9.79 Å². The number of aryl methyl sites for hydroxylation is 1. The number of hydrogen-bond donors (Lipinski definition) is 1. The summed E-state index contributed by atoms with van der Waals surface area (Å²) in [7, 11) is 1.59. The van der Waals surface area contributed by atoms with Crippen LogP contribution in [-0.2, 0) is 7.05 Å². The summed E-state index contributed by atoms with van der Waals surface area (Å²) >= 11 is 0. The van der Waals surface area contributed by atoms with Gasteiger partial charge < -0.3 is 14.4 Å². The summed E-state index contributed by atoms with van der Waals surface area (Å²) in [5.41, 5.74) is -2.59. The number of pyridine rings is 1. The normalized spacial score (nSPS) is 18.5. The SMILES string of the molecule is Cn1ccc2c(N=CC(O)(CC3CCOc4ccccc43)C(F)(F)F)cccc2c1=O. The Bertz CT molecular complexity index is 1200. The maximum absolute atomic E-state index is 13.9. The van der Waals surface area contributed by atoms with E-state index in [2.05, 4.69) is 4.99 Å². The molecular weight excluding hydrogens is 409 g/mol. The molecule has 2 heterocycles. The summed E-state index contributed by atoms with van der Waals surface area (Å²) < 4.78 is 48.7. The number of nitrogens with zero attached hydrogens (tertiary/aromatic N) is 2. The molecule has 0 fully saturated rings. The van der Waals surface area contributed by atoms with Crippen LogP contribution in [0.3, 0.4) is 0 Å². The van der Waals surface area contributed by atoms with Crippen LogP contribution < -0.4 is 10.3 Å². The van der Waals surface area contributed by atoms with Crippen molar-refractivity contribution >= 4 is 22.7 Å². The van der Waals surface area contributed by atoms with Crippen molar-refractivity contribution in [3.8, 4) is 5.75 Å². The van der Waals surface area contributed by atoms with Crippen molar-refractivity contribution in [2.24, 2.45) is 12.0 Å². The lowest BCUT2D eigenvalue weighted by molar-refractivity contribution is -0.232. The largest absolute Gasteiger partial charge is 0.493 e. The lowest BCUT2D eigenvalue weighted by Gasteiger charge is -2.33. The van der Waals surface area contributed by atoms with Crippen molar-refractivity contribution < 1.29 is 23.0 Å². The molecule has 1 aromatic heterocycles. The highest BCUT2D eigenvalue weighted by atomic mass is 19.4. The summed E-state index contributed by atoms with van der Waals surface area (Å²) in [6.45, 7) is 0.277. The molecule has 0 saturated heterocycles. The zero-order valence-electron chi connectivity index (χ0n) is 16.8. The van der Waals surface area contributed by atoms with E-state index in [-0.39, 0.29) is 17.9 Å². The van der Waals surface area contributed by atoms with Crippen molar-refractivity contribution in [3.63, 3.8) is 0 Å². The van der Waals surface area contributed by atoms with Gasteiger partial charge in [0, 0.05) is 30.2 Å². The molecule has 8 heteroatoms. The van der Waals surface area contributed by atoms with E-state index in [1.54, 1.807) is 49.5 Å². The van der Waals surface area contributed by atoms with E-state index in [0.29, 0.717) is 34.7 Å². The molecule has 0 saturated carbocycles. The van der Waals surface area contributed by atoms with Crippen LogP contribution in [0.25, 0.3) is 10.8 Å². The highest BCUT2D eigenvalue weighted by molar-refractivity contribution is 5.93. The van der Waals surface area contributed by atoms with Crippen molar-refractivity contribution in [3.05, 3.63) is 70.6 Å². The Morgan fingerprint density at radius 2 is 1.94 bits per heavy atom. The van der Waals surface area contributed by atoms with Gasteiger partial charge in [0.15, 0.2) is 5.60 Å². The van der Waals surface area contributed by atoms with Crippen molar-refractivity contribution in [2.75, 3.05) is 6.61 Å². The lowest BCUT2D eigenvalue weighted by atomic mass is 9.82. The number of hydrogen-bond acceptors (Lipinski definition) is 4. The van der Waals surface area contributed by atoms with Gasteiger partial charge in [0.2, 0.25) is 0 Å². The molecule has 162 valence electrons. The lowest BCUT2D eigenvalue weighted by Crippen LogP contribution is -2.48. The molecular formula is C23H21F3N2O3. The summed E-state index contributed by atoms with van der Waals surface area (Å²) in [4.78, 5) is 16.3. The number of aliphatic imine (C=N–C) groups is 1. The number of halogens is 3. The number of alkyl halides is 3. The van der Waals surface area contributed by atoms with Gasteiger partial charge in [-0.05, 0) is 48.6 Å². The summed E-state index contributed by atoms with van der Waals surface area (Å²) in [5, 5.41) is 11.4. The van der Waals surface area contributed by atoms with E-state index in [1.807, 2.05) is 0 Å². The molecule has 0 radical (unpaired) electrons. The minimum absolute atomic E-state index is 0.185. The van der Waals surface area contributed by atoms with E-state index in [4.69, 9.17) is 4.74 Å². The highest BCUT2D eigenvalue weighted by Gasteiger charge is 2.54. The maximum atomic E-state index is 13.9. The van der Waals surface area contributed by atoms with Crippen molar-refractivity contribution in [2.45, 2.75) is 30.5 Å². The quantitative estimate of drug-likeness (QED) is 0.621. The zero-order chi connectivity index (χ0) is 22.2. The third-order valence-electron chi connectivity index (χ3n) is 5.65. The van der Waals surface area contributed by atoms with E-state index >= 15 is 0 Å². The number of fused-ring (bicyclic) bond motifs is 2. The van der Waals surface area contributed by atoms with Crippen LogP contribution in [0.4, 0.5) is 18.9 Å². The first-order valence-electron chi connectivity index (χ1n) is 9.84. The molecule has 1 aliphatic heterocycles. The average molecular weight is 430 g/mol. The molecule has 0 aliphatic carbocycles. The van der Waals surface area contributed by atoms with Gasteiger partial charge in [-0.2, -0.15) is 13.2 Å². The first kappa shape index (κ1) is 21.1. The van der Waals surface area contributed by atoms with E-state index < -0.39 is 24.1 Å². The fourth-order valence-electron chi connectivity index (χ4n) is 3.89. The third kappa shape index (κ3) is 3.95. The molecule has 3 aromatic rings. The molecule has 5 nitrogen and oxygen atoms in total. The fourth-order valence-corrected chi connectivity index (χ4v) is 3.89. The van der Waals surface area contributed by atoms with Crippen LogP contribution in [0.2, 0.25) is 0 Å². The van der Waals surface area contributed by atoms with Gasteiger partial charge in [-0.15, -0.1) is 0 Å². The number of para-hydroxylation sites is 1. The van der Waals surface area contributed by atoms with Crippen LogP contribution in [0.5, 0.6) is 5.75 Å². The molecule has 2 aromatic carbocycles. The molecule has 0 amide bonds. The second-order valence-electron chi connectivity index (χ2n) is 7.73. The average Bonchev–Trinajstić information content (AvgIpc) is 2.74. The van der Waals surface area contributed by atoms with Gasteiger partial charge in [0.25, 0.3) is 5.56 Å². The third-order valence-corrected chi connectivity index (χ3v) is 5.65. The number of benzene rings is 2. The highest BCUT2D eigenvalue weighted by Crippen LogP contribution is 2.43. The van der Waals surface area contributed by atoms with Gasteiger partial charge in [0.05, 0.1) is 12.3 Å². The Morgan fingerprint density at radius 3 is 2.71 bits per heavy atom. The van der Waals surface area contributed by atoms with Crippen LogP contribution in [0, 0.1) is 0 Å². The Kier molecular flexibility index (Phi) is 5.35. The van der Waals surface area contributed by atoms with E-state index in [9.17, 15) is 23.1 Å². The molecule has 2 unspecified atom stereocenters. The van der Waals surface area contributed by atoms with Gasteiger partial charge in [-0.25, -0.2) is 0 Å². The monoisotopic (exact) mass is 430 g/mol. The van der Waals surface area contributed by atoms with Crippen LogP contribution in [0.1, 0.15) is 24.3 Å². The molecule has 2 atom stereocenters. The predicted molar refractivity (Wildman–Crippen MR) is 112 cm³/mol. The zero-order valence-corrected chi connectivity index (χ0v) is 16.8. The van der Waals surface area contributed by atoms with Gasteiger partial charge >= 0.3 is 6.18 Å². The molecule has 1 aliphatic rings. The molecule has 1 N–H and O–H groups in total. The molecule has 0 spiro atoms. The fraction of sp³-hybridized carbons (Fsp3) is 0.304. The van der Waals surface area contributed by atoms with Crippen LogP contribution in [-0.4, -0.2) is 34.3 Å². The Labute approximate surface area is 176 Å². The second-order valence-corrected chi connectivity index (χ2v) is 7.73. The van der Waals surface area contributed by atoms with Crippen LogP contribution in [0.15, 0.2) is 64.5 Å². The minimum atomic E-state index is -4.93. The van der Waals surface area contributed by atoms with Gasteiger partial charge in [-0.1, -0.05) is 24.3 Å². The second kappa shape index (κ2) is 7.85. The number of ether oxygens (including phenoxy) is 1. The van der Waals surface area contributed by atoms with Crippen LogP contribution >= 0.6 is 0 Å². The van der Waals surface area contributed by atoms with E-state index in [1.165, 1.54) is 16.8 Å². The smallest absolute Gasteiger partial charge is 0.422 e. The standard InChI is InChI=1S/C23H21F3N2O3/c1-28-11-9-17-18(21(28)29)6-4-7-19(17)27-14-22(30,23(24,25)26)13-15-10-12-31-20-8-3-2-5-16(15)20/h2-9,11,14-15,30H,10,12-13H2,1H3. The Hall–Kier alpha value is -3.13. The predicted octanol–water partition coefficient (Wildman–Crippen LogP) is 4.49. The topological polar surface area (TPSA) is 63.8 Å². The Balaban J connectivity index is 1.72.